The fraction of sp³-hybridized carbons (Fsp3) is 0.346. The Morgan fingerprint density at radius 1 is 0.875 bits per heavy atom. The summed E-state index contributed by atoms with van der Waals surface area (Å²) in [6.45, 7) is 2.48. The van der Waals surface area contributed by atoms with Crippen LogP contribution in [-0.4, -0.2) is 47.4 Å². The number of nitrogens with zero attached hydrogens (tertiary/aromatic N) is 1. The van der Waals surface area contributed by atoms with Crippen molar-refractivity contribution in [2.45, 2.75) is 31.5 Å². The molecule has 0 bridgehead atoms. The molecule has 0 fully saturated rings. The Hall–Kier alpha value is -2.35. The van der Waals surface area contributed by atoms with Crippen molar-refractivity contribution >= 4 is 14.6 Å². The van der Waals surface area contributed by atoms with E-state index in [1.165, 1.54) is 11.1 Å². The molecule has 0 N–H and O–H groups in total. The van der Waals surface area contributed by atoms with E-state index < -0.39 is 8.80 Å². The van der Waals surface area contributed by atoms with E-state index in [-0.39, 0.29) is 11.3 Å². The lowest BCUT2D eigenvalue weighted by atomic mass is 9.98. The normalized spacial score (nSPS) is 15.1. The summed E-state index contributed by atoms with van der Waals surface area (Å²) in [5.74, 6) is 0.101. The number of carbonyl (C=O) groups excluding carboxylic acids is 1. The predicted octanol–water partition coefficient (Wildman–Crippen LogP) is 4.78. The molecule has 1 atom stereocenters. The minimum atomic E-state index is -3.00. The number of allylic oxidation sites excluding steroid dienone is 4. The van der Waals surface area contributed by atoms with Gasteiger partial charge in [-0.1, -0.05) is 78.4 Å². The maximum Gasteiger partial charge on any atom is 0.507 e. The first-order valence-corrected chi connectivity index (χ1v) is 12.8. The molecule has 32 heavy (non-hydrogen) atoms. The van der Waals surface area contributed by atoms with Crippen LogP contribution in [0.3, 0.4) is 0 Å². The highest BCUT2D eigenvalue weighted by atomic mass is 28.4. The van der Waals surface area contributed by atoms with Crippen LogP contribution in [0.4, 0.5) is 0 Å². The first-order chi connectivity index (χ1) is 15.6. The van der Waals surface area contributed by atoms with Gasteiger partial charge in [0, 0.05) is 40.8 Å². The second-order valence-electron chi connectivity index (χ2n) is 7.98. The van der Waals surface area contributed by atoms with Gasteiger partial charge in [0.15, 0.2) is 5.78 Å². The third-order valence-electron chi connectivity index (χ3n) is 5.93. The molecule has 0 amide bonds. The molecular formula is C26H33NO4Si. The van der Waals surface area contributed by atoms with Gasteiger partial charge in [-0.15, -0.1) is 0 Å². The molecule has 1 unspecified atom stereocenters. The number of hydrogen-bond donors (Lipinski definition) is 0. The highest BCUT2D eigenvalue weighted by Gasteiger charge is 2.49. The molecule has 3 rings (SSSR count). The quantitative estimate of drug-likeness (QED) is 0.435. The topological polar surface area (TPSA) is 48.0 Å². The van der Waals surface area contributed by atoms with Crippen LogP contribution in [-0.2, 0) is 31.2 Å². The molecule has 0 radical (unpaired) electrons. The number of hydrogen-bond acceptors (Lipinski definition) is 5. The van der Waals surface area contributed by atoms with Crippen LogP contribution in [0.1, 0.15) is 24.0 Å². The molecular weight excluding hydrogens is 418 g/mol. The molecule has 0 saturated carbocycles. The first kappa shape index (κ1) is 24.3. The highest BCUT2D eigenvalue weighted by molar-refractivity contribution is 6.63. The SMILES string of the molecule is CO[Si](OC)(OC)C(CCN(Cc1ccccc1)Cc1ccccc1)C1=CC=CC(=O)C1. The lowest BCUT2D eigenvalue weighted by Gasteiger charge is -2.35. The fourth-order valence-electron chi connectivity index (χ4n) is 4.31. The molecule has 0 saturated heterocycles. The summed E-state index contributed by atoms with van der Waals surface area (Å²) in [5.41, 5.74) is 3.46. The van der Waals surface area contributed by atoms with Gasteiger partial charge in [0.05, 0.1) is 5.54 Å². The Balaban J connectivity index is 1.83. The van der Waals surface area contributed by atoms with Crippen molar-refractivity contribution in [2.24, 2.45) is 0 Å². The van der Waals surface area contributed by atoms with Crippen LogP contribution in [0.25, 0.3) is 0 Å². The van der Waals surface area contributed by atoms with Gasteiger partial charge in [0.25, 0.3) is 0 Å². The lowest BCUT2D eigenvalue weighted by molar-refractivity contribution is -0.114. The maximum absolute atomic E-state index is 12.1. The largest absolute Gasteiger partial charge is 0.507 e. The van der Waals surface area contributed by atoms with E-state index in [0.29, 0.717) is 6.42 Å². The minimum Gasteiger partial charge on any atom is -0.376 e. The van der Waals surface area contributed by atoms with Gasteiger partial charge in [-0.25, -0.2) is 0 Å². The van der Waals surface area contributed by atoms with Crippen molar-refractivity contribution in [3.8, 4) is 0 Å². The minimum absolute atomic E-state index is 0.0922. The van der Waals surface area contributed by atoms with Gasteiger partial charge in [-0.3, -0.25) is 9.69 Å². The zero-order valence-corrected chi connectivity index (χ0v) is 20.2. The van der Waals surface area contributed by atoms with Crippen molar-refractivity contribution in [2.75, 3.05) is 27.9 Å². The molecule has 1 aliphatic rings. The average molecular weight is 452 g/mol. The number of benzene rings is 2. The Morgan fingerprint density at radius 2 is 1.41 bits per heavy atom. The van der Waals surface area contributed by atoms with E-state index in [9.17, 15) is 4.79 Å². The Bertz CT molecular complexity index is 860. The van der Waals surface area contributed by atoms with E-state index in [2.05, 4.69) is 53.4 Å². The molecule has 0 aliphatic heterocycles. The molecule has 0 spiro atoms. The van der Waals surface area contributed by atoms with Crippen LogP contribution in [0.2, 0.25) is 5.54 Å². The van der Waals surface area contributed by atoms with Crippen molar-refractivity contribution in [1.82, 2.24) is 4.90 Å². The zero-order valence-electron chi connectivity index (χ0n) is 19.2. The number of rotatable bonds is 12. The smallest absolute Gasteiger partial charge is 0.376 e. The lowest BCUT2D eigenvalue weighted by Crippen LogP contribution is -2.49. The van der Waals surface area contributed by atoms with Gasteiger partial charge >= 0.3 is 8.80 Å². The average Bonchev–Trinajstić information content (AvgIpc) is 2.83. The molecule has 6 heteroatoms. The Labute approximate surface area is 192 Å². The zero-order chi connectivity index (χ0) is 22.8. The Kier molecular flexibility index (Phi) is 9.14. The van der Waals surface area contributed by atoms with Crippen LogP contribution in [0.5, 0.6) is 0 Å². The third-order valence-corrected chi connectivity index (χ3v) is 9.15. The van der Waals surface area contributed by atoms with Gasteiger partial charge < -0.3 is 13.3 Å². The van der Waals surface area contributed by atoms with E-state index in [4.69, 9.17) is 13.3 Å². The second-order valence-corrected chi connectivity index (χ2v) is 11.1. The summed E-state index contributed by atoms with van der Waals surface area (Å²) in [6.07, 6.45) is 6.61. The predicted molar refractivity (Wildman–Crippen MR) is 129 cm³/mol. The number of ketones is 1. The standard InChI is InChI=1S/C26H33NO4Si/c1-29-32(30-2,31-3)26(24-15-10-16-25(28)19-24)17-18-27(20-22-11-6-4-7-12-22)21-23-13-8-5-9-14-23/h4-16,26H,17-21H2,1-3H3. The first-order valence-electron chi connectivity index (χ1n) is 11.0. The maximum atomic E-state index is 12.1. The van der Waals surface area contributed by atoms with Gasteiger partial charge in [0.2, 0.25) is 0 Å². The van der Waals surface area contributed by atoms with E-state index in [0.717, 1.165) is 31.6 Å². The van der Waals surface area contributed by atoms with Crippen molar-refractivity contribution in [1.29, 1.82) is 0 Å². The Morgan fingerprint density at radius 3 is 1.88 bits per heavy atom. The summed E-state index contributed by atoms with van der Waals surface area (Å²) in [6, 6.07) is 21.0. The number of carbonyl (C=O) groups is 1. The van der Waals surface area contributed by atoms with E-state index in [1.54, 1.807) is 27.4 Å². The molecule has 5 nitrogen and oxygen atoms in total. The van der Waals surface area contributed by atoms with Crippen LogP contribution < -0.4 is 0 Å². The molecule has 0 heterocycles. The van der Waals surface area contributed by atoms with Crippen molar-refractivity contribution in [3.05, 3.63) is 95.6 Å². The molecule has 170 valence electrons. The molecule has 1 aliphatic carbocycles. The summed E-state index contributed by atoms with van der Waals surface area (Å²) < 4.78 is 17.6. The van der Waals surface area contributed by atoms with Crippen LogP contribution in [0.15, 0.2) is 84.5 Å². The molecule has 0 aromatic heterocycles. The molecule has 2 aromatic carbocycles. The monoisotopic (exact) mass is 451 g/mol. The molecule has 2 aromatic rings. The van der Waals surface area contributed by atoms with E-state index in [1.807, 2.05) is 24.3 Å². The van der Waals surface area contributed by atoms with Gasteiger partial charge in [-0.05, 0) is 30.2 Å². The van der Waals surface area contributed by atoms with Crippen molar-refractivity contribution < 1.29 is 18.1 Å². The fourth-order valence-corrected chi connectivity index (χ4v) is 6.80. The third kappa shape index (κ3) is 6.34. The van der Waals surface area contributed by atoms with Crippen LogP contribution >= 0.6 is 0 Å². The van der Waals surface area contributed by atoms with Crippen LogP contribution in [0, 0.1) is 0 Å². The van der Waals surface area contributed by atoms with Crippen molar-refractivity contribution in [3.63, 3.8) is 0 Å². The van der Waals surface area contributed by atoms with Gasteiger partial charge in [0.1, 0.15) is 0 Å². The summed E-state index contributed by atoms with van der Waals surface area (Å²) in [7, 11) is 1.92. The summed E-state index contributed by atoms with van der Waals surface area (Å²) in [4.78, 5) is 14.6. The highest BCUT2D eigenvalue weighted by Crippen LogP contribution is 2.38. The summed E-state index contributed by atoms with van der Waals surface area (Å²) in [5, 5.41) is 0. The van der Waals surface area contributed by atoms with Gasteiger partial charge in [-0.2, -0.15) is 0 Å². The van der Waals surface area contributed by atoms with E-state index >= 15 is 0 Å². The second kappa shape index (κ2) is 12.0. The summed E-state index contributed by atoms with van der Waals surface area (Å²) >= 11 is 0.